The molecule has 0 aliphatic carbocycles. The van der Waals surface area contributed by atoms with E-state index in [0.29, 0.717) is 49.7 Å². The minimum absolute atomic E-state index is 0.00742. The number of nitrogens with zero attached hydrogens (tertiary/aromatic N) is 2. The zero-order chi connectivity index (χ0) is 19.5. The molecule has 1 saturated heterocycles. The first-order valence-electron chi connectivity index (χ1n) is 9.40. The molecule has 2 heterocycles. The minimum Gasteiger partial charge on any atom is -0.478 e. The van der Waals surface area contributed by atoms with Gasteiger partial charge in [0.1, 0.15) is 11.6 Å². The Hall–Kier alpha value is -2.93. The number of carbonyl (C=O) groups excluding carboxylic acids is 2. The lowest BCUT2D eigenvalue weighted by Gasteiger charge is -2.35. The van der Waals surface area contributed by atoms with E-state index in [-0.39, 0.29) is 24.1 Å². The van der Waals surface area contributed by atoms with Crippen molar-refractivity contribution in [3.8, 4) is 5.75 Å². The maximum Gasteiger partial charge on any atom is 0.266 e. The number of anilines is 1. The molecular formula is C21H22FN3O3. The van der Waals surface area contributed by atoms with Crippen molar-refractivity contribution in [1.29, 1.82) is 0 Å². The lowest BCUT2D eigenvalue weighted by molar-refractivity contribution is -0.138. The fourth-order valence-corrected chi connectivity index (χ4v) is 3.54. The molecule has 1 unspecified atom stereocenters. The summed E-state index contributed by atoms with van der Waals surface area (Å²) in [5.41, 5.74) is 1.28. The Kier molecular flexibility index (Phi) is 5.25. The second kappa shape index (κ2) is 7.98. The first kappa shape index (κ1) is 18.4. The standard InChI is InChI=1S/C21H22FN3O3/c22-16-6-2-1-5-15(16)14-24-9-11-25(12-10-24)20(26)13-19-21(27)23-17-7-3-4-8-18(17)28-19/h1-8,19H,9-14H2,(H,23,27). The van der Waals surface area contributed by atoms with Gasteiger partial charge in [-0.25, -0.2) is 4.39 Å². The summed E-state index contributed by atoms with van der Waals surface area (Å²) in [7, 11) is 0. The van der Waals surface area contributed by atoms with Gasteiger partial charge in [0.25, 0.3) is 5.91 Å². The summed E-state index contributed by atoms with van der Waals surface area (Å²) in [6, 6.07) is 13.9. The van der Waals surface area contributed by atoms with E-state index >= 15 is 0 Å². The topological polar surface area (TPSA) is 61.9 Å². The fraction of sp³-hybridized carbons (Fsp3) is 0.333. The predicted molar refractivity (Wildman–Crippen MR) is 102 cm³/mol. The van der Waals surface area contributed by atoms with Gasteiger partial charge < -0.3 is 15.0 Å². The van der Waals surface area contributed by atoms with Crippen molar-refractivity contribution in [1.82, 2.24) is 9.80 Å². The third kappa shape index (κ3) is 3.99. The normalized spacial score (nSPS) is 19.5. The smallest absolute Gasteiger partial charge is 0.266 e. The third-order valence-electron chi connectivity index (χ3n) is 5.14. The molecule has 2 aliphatic rings. The summed E-state index contributed by atoms with van der Waals surface area (Å²) < 4.78 is 19.5. The van der Waals surface area contributed by atoms with Gasteiger partial charge in [-0.05, 0) is 18.2 Å². The zero-order valence-corrected chi connectivity index (χ0v) is 15.4. The SMILES string of the molecule is O=C1Nc2ccccc2OC1CC(=O)N1CCN(Cc2ccccc2F)CC1. The summed E-state index contributed by atoms with van der Waals surface area (Å²) in [6.45, 7) is 2.97. The summed E-state index contributed by atoms with van der Waals surface area (Å²) in [6.07, 6.45) is -0.813. The first-order chi connectivity index (χ1) is 13.6. The number of para-hydroxylation sites is 2. The van der Waals surface area contributed by atoms with E-state index in [0.717, 1.165) is 0 Å². The molecule has 4 rings (SSSR count). The average molecular weight is 383 g/mol. The van der Waals surface area contributed by atoms with Crippen LogP contribution in [-0.2, 0) is 16.1 Å². The molecule has 2 aliphatic heterocycles. The number of amides is 2. The van der Waals surface area contributed by atoms with Crippen molar-refractivity contribution >= 4 is 17.5 Å². The summed E-state index contributed by atoms with van der Waals surface area (Å²) in [5.74, 6) is -0.0355. The quantitative estimate of drug-likeness (QED) is 0.880. The second-order valence-electron chi connectivity index (χ2n) is 7.04. The Labute approximate surface area is 162 Å². The van der Waals surface area contributed by atoms with Gasteiger partial charge in [-0.3, -0.25) is 14.5 Å². The molecule has 146 valence electrons. The van der Waals surface area contributed by atoms with Crippen LogP contribution in [0.2, 0.25) is 0 Å². The maximum absolute atomic E-state index is 13.8. The molecule has 2 aromatic rings. The van der Waals surface area contributed by atoms with Gasteiger partial charge in [-0.2, -0.15) is 0 Å². The van der Waals surface area contributed by atoms with E-state index in [1.807, 2.05) is 18.2 Å². The van der Waals surface area contributed by atoms with Crippen LogP contribution >= 0.6 is 0 Å². The number of piperazine rings is 1. The number of hydrogen-bond acceptors (Lipinski definition) is 4. The number of nitrogens with one attached hydrogen (secondary N) is 1. The third-order valence-corrected chi connectivity index (χ3v) is 5.14. The molecule has 0 spiro atoms. The number of halogens is 1. The minimum atomic E-state index is -0.821. The van der Waals surface area contributed by atoms with Gasteiger partial charge in [0.05, 0.1) is 12.1 Å². The van der Waals surface area contributed by atoms with Crippen LogP contribution in [0.25, 0.3) is 0 Å². The number of carbonyl (C=O) groups is 2. The Balaban J connectivity index is 1.30. The molecule has 1 atom stereocenters. The van der Waals surface area contributed by atoms with E-state index in [9.17, 15) is 14.0 Å². The summed E-state index contributed by atoms with van der Waals surface area (Å²) >= 11 is 0. The fourth-order valence-electron chi connectivity index (χ4n) is 3.54. The summed E-state index contributed by atoms with van der Waals surface area (Å²) in [4.78, 5) is 28.7. The van der Waals surface area contributed by atoms with E-state index < -0.39 is 6.10 Å². The molecule has 28 heavy (non-hydrogen) atoms. The largest absolute Gasteiger partial charge is 0.478 e. The second-order valence-corrected chi connectivity index (χ2v) is 7.04. The van der Waals surface area contributed by atoms with Crippen molar-refractivity contribution in [3.05, 3.63) is 59.9 Å². The van der Waals surface area contributed by atoms with Crippen LogP contribution in [0.3, 0.4) is 0 Å². The molecule has 0 bridgehead atoms. The van der Waals surface area contributed by atoms with Crippen LogP contribution in [0.1, 0.15) is 12.0 Å². The number of fused-ring (bicyclic) bond motifs is 1. The Morgan fingerprint density at radius 3 is 2.57 bits per heavy atom. The lowest BCUT2D eigenvalue weighted by atomic mass is 10.1. The Bertz CT molecular complexity index is 881. The van der Waals surface area contributed by atoms with Crippen LogP contribution in [0.4, 0.5) is 10.1 Å². The van der Waals surface area contributed by atoms with Crippen LogP contribution < -0.4 is 10.1 Å². The van der Waals surface area contributed by atoms with E-state index in [1.165, 1.54) is 6.07 Å². The predicted octanol–water partition coefficient (Wildman–Crippen LogP) is 2.26. The van der Waals surface area contributed by atoms with Gasteiger partial charge >= 0.3 is 0 Å². The molecule has 7 heteroatoms. The van der Waals surface area contributed by atoms with Crippen molar-refractivity contribution in [2.45, 2.75) is 19.1 Å². The van der Waals surface area contributed by atoms with Crippen LogP contribution in [0, 0.1) is 5.82 Å². The molecule has 0 aromatic heterocycles. The van der Waals surface area contributed by atoms with Gasteiger partial charge in [0.2, 0.25) is 5.91 Å². The van der Waals surface area contributed by atoms with E-state index in [2.05, 4.69) is 10.2 Å². The molecule has 1 N–H and O–H groups in total. The van der Waals surface area contributed by atoms with Crippen molar-refractivity contribution in [2.75, 3.05) is 31.5 Å². The number of rotatable bonds is 4. The van der Waals surface area contributed by atoms with Crippen LogP contribution in [-0.4, -0.2) is 53.9 Å². The molecule has 1 fully saturated rings. The van der Waals surface area contributed by atoms with Crippen molar-refractivity contribution < 1.29 is 18.7 Å². The summed E-state index contributed by atoms with van der Waals surface area (Å²) in [5, 5.41) is 2.78. The average Bonchev–Trinajstić information content (AvgIpc) is 2.71. The van der Waals surface area contributed by atoms with Gasteiger partial charge in [-0.1, -0.05) is 30.3 Å². The van der Waals surface area contributed by atoms with Gasteiger partial charge in [0.15, 0.2) is 6.10 Å². The molecule has 2 aromatic carbocycles. The lowest BCUT2D eigenvalue weighted by Crippen LogP contribution is -2.50. The number of benzene rings is 2. The highest BCUT2D eigenvalue weighted by molar-refractivity contribution is 5.99. The molecule has 6 nitrogen and oxygen atoms in total. The van der Waals surface area contributed by atoms with Crippen LogP contribution in [0.15, 0.2) is 48.5 Å². The number of ether oxygens (including phenoxy) is 1. The highest BCUT2D eigenvalue weighted by Crippen LogP contribution is 2.29. The first-order valence-corrected chi connectivity index (χ1v) is 9.40. The molecule has 2 amide bonds. The van der Waals surface area contributed by atoms with Crippen molar-refractivity contribution in [3.63, 3.8) is 0 Å². The molecule has 0 radical (unpaired) electrons. The molecular weight excluding hydrogens is 361 g/mol. The van der Waals surface area contributed by atoms with Gasteiger partial charge in [0, 0.05) is 38.3 Å². The van der Waals surface area contributed by atoms with Crippen molar-refractivity contribution in [2.24, 2.45) is 0 Å². The zero-order valence-electron chi connectivity index (χ0n) is 15.4. The van der Waals surface area contributed by atoms with E-state index in [4.69, 9.17) is 4.74 Å². The monoisotopic (exact) mass is 383 g/mol. The highest BCUT2D eigenvalue weighted by atomic mass is 19.1. The van der Waals surface area contributed by atoms with Gasteiger partial charge in [-0.15, -0.1) is 0 Å². The van der Waals surface area contributed by atoms with E-state index in [1.54, 1.807) is 29.2 Å². The molecule has 0 saturated carbocycles. The Morgan fingerprint density at radius 2 is 1.79 bits per heavy atom. The highest BCUT2D eigenvalue weighted by Gasteiger charge is 2.32. The maximum atomic E-state index is 13.8. The van der Waals surface area contributed by atoms with Crippen LogP contribution in [0.5, 0.6) is 5.75 Å². The number of hydrogen-bond donors (Lipinski definition) is 1. The Morgan fingerprint density at radius 1 is 1.07 bits per heavy atom.